The van der Waals surface area contributed by atoms with Crippen molar-refractivity contribution in [3.8, 4) is 0 Å². The molecule has 0 radical (unpaired) electrons. The summed E-state index contributed by atoms with van der Waals surface area (Å²) in [7, 11) is -3.04. The molecule has 1 saturated heterocycles. The zero-order chi connectivity index (χ0) is 16.3. The maximum atomic E-state index is 11.7. The smallest absolute Gasteiger partial charge is 0.211 e. The van der Waals surface area contributed by atoms with Crippen LogP contribution in [0.5, 0.6) is 0 Å². The zero-order valence-electron chi connectivity index (χ0n) is 14.6. The summed E-state index contributed by atoms with van der Waals surface area (Å²) >= 11 is 0. The molecule has 1 aliphatic rings. The van der Waals surface area contributed by atoms with Gasteiger partial charge in [-0.1, -0.05) is 34.6 Å². The predicted molar refractivity (Wildman–Crippen MR) is 89.8 cm³/mol. The van der Waals surface area contributed by atoms with E-state index in [1.54, 1.807) is 4.31 Å². The van der Waals surface area contributed by atoms with Gasteiger partial charge in [0.1, 0.15) is 0 Å². The van der Waals surface area contributed by atoms with E-state index in [4.69, 9.17) is 0 Å². The number of nitrogens with zero attached hydrogens (tertiary/aromatic N) is 1. The normalized spacial score (nSPS) is 23.5. The standard InChI is InChI=1S/C16H34N2O2S/c1-13(2)17-11-15(16(3,4)5)10-14-8-7-9-18(12-14)21(6,19)20/h13-15,17H,7-12H2,1-6H3. The van der Waals surface area contributed by atoms with Gasteiger partial charge in [-0.15, -0.1) is 0 Å². The van der Waals surface area contributed by atoms with Crippen molar-refractivity contribution < 1.29 is 8.42 Å². The average Bonchev–Trinajstić information content (AvgIpc) is 2.32. The van der Waals surface area contributed by atoms with E-state index in [0.717, 1.165) is 25.8 Å². The highest BCUT2D eigenvalue weighted by Gasteiger charge is 2.31. The molecule has 0 bridgehead atoms. The largest absolute Gasteiger partial charge is 0.314 e. The monoisotopic (exact) mass is 318 g/mol. The molecule has 4 nitrogen and oxygen atoms in total. The average molecular weight is 319 g/mol. The van der Waals surface area contributed by atoms with Gasteiger partial charge in [-0.05, 0) is 43.1 Å². The molecule has 0 spiro atoms. The number of sulfonamides is 1. The molecule has 0 aliphatic carbocycles. The molecule has 2 atom stereocenters. The molecule has 1 aliphatic heterocycles. The highest BCUT2D eigenvalue weighted by molar-refractivity contribution is 7.88. The minimum absolute atomic E-state index is 0.245. The van der Waals surface area contributed by atoms with Gasteiger partial charge >= 0.3 is 0 Å². The molecule has 0 saturated carbocycles. The Hall–Kier alpha value is -0.130. The Kier molecular flexibility index (Phi) is 6.69. The number of nitrogens with one attached hydrogen (secondary N) is 1. The molecule has 126 valence electrons. The van der Waals surface area contributed by atoms with Crippen LogP contribution in [-0.2, 0) is 10.0 Å². The maximum absolute atomic E-state index is 11.7. The fourth-order valence-electron chi connectivity index (χ4n) is 3.04. The quantitative estimate of drug-likeness (QED) is 0.819. The lowest BCUT2D eigenvalue weighted by Crippen LogP contribution is -2.42. The lowest BCUT2D eigenvalue weighted by Gasteiger charge is -2.38. The Morgan fingerprint density at radius 2 is 1.90 bits per heavy atom. The third-order valence-corrected chi connectivity index (χ3v) is 5.84. The summed E-state index contributed by atoms with van der Waals surface area (Å²) in [6.07, 6.45) is 4.58. The van der Waals surface area contributed by atoms with Gasteiger partial charge in [-0.2, -0.15) is 0 Å². The number of hydrogen-bond acceptors (Lipinski definition) is 3. The van der Waals surface area contributed by atoms with Crippen molar-refractivity contribution in [3.05, 3.63) is 0 Å². The summed E-state index contributed by atoms with van der Waals surface area (Å²) in [6.45, 7) is 13.6. The van der Waals surface area contributed by atoms with Gasteiger partial charge in [0.25, 0.3) is 0 Å². The van der Waals surface area contributed by atoms with Gasteiger partial charge < -0.3 is 5.32 Å². The SMILES string of the molecule is CC(C)NCC(CC1CCCN(S(C)(=O)=O)C1)C(C)(C)C. The van der Waals surface area contributed by atoms with E-state index in [0.29, 0.717) is 31.0 Å². The van der Waals surface area contributed by atoms with Crippen molar-refractivity contribution in [2.45, 2.75) is 59.9 Å². The first-order valence-electron chi connectivity index (χ1n) is 8.18. The van der Waals surface area contributed by atoms with Crippen molar-refractivity contribution in [2.24, 2.45) is 17.3 Å². The molecule has 1 N–H and O–H groups in total. The van der Waals surface area contributed by atoms with Crippen LogP contribution < -0.4 is 5.32 Å². The highest BCUT2D eigenvalue weighted by Crippen LogP contribution is 2.34. The van der Waals surface area contributed by atoms with E-state index >= 15 is 0 Å². The Bertz CT molecular complexity index is 412. The van der Waals surface area contributed by atoms with Crippen LogP contribution in [0, 0.1) is 17.3 Å². The molecule has 5 heteroatoms. The van der Waals surface area contributed by atoms with Crippen molar-refractivity contribution in [3.63, 3.8) is 0 Å². The minimum Gasteiger partial charge on any atom is -0.314 e. The topological polar surface area (TPSA) is 49.4 Å². The summed E-state index contributed by atoms with van der Waals surface area (Å²) in [6, 6.07) is 0.494. The van der Waals surface area contributed by atoms with E-state index in [9.17, 15) is 8.42 Å². The van der Waals surface area contributed by atoms with Gasteiger partial charge in [-0.25, -0.2) is 12.7 Å². The van der Waals surface area contributed by atoms with E-state index in [1.807, 2.05) is 0 Å². The summed E-state index contributed by atoms with van der Waals surface area (Å²) in [4.78, 5) is 0. The molecule has 1 fully saturated rings. The molecular formula is C16H34N2O2S. The maximum Gasteiger partial charge on any atom is 0.211 e. The zero-order valence-corrected chi connectivity index (χ0v) is 15.5. The first-order chi connectivity index (χ1) is 9.50. The van der Waals surface area contributed by atoms with E-state index in [-0.39, 0.29) is 5.41 Å². The van der Waals surface area contributed by atoms with Gasteiger partial charge in [0.15, 0.2) is 0 Å². The van der Waals surface area contributed by atoms with Crippen LogP contribution >= 0.6 is 0 Å². The second-order valence-corrected chi connectivity index (χ2v) is 9.97. The van der Waals surface area contributed by atoms with Crippen LogP contribution in [0.25, 0.3) is 0 Å². The van der Waals surface area contributed by atoms with Gasteiger partial charge in [-0.3, -0.25) is 0 Å². The minimum atomic E-state index is -3.04. The van der Waals surface area contributed by atoms with E-state index in [2.05, 4.69) is 39.9 Å². The number of rotatable bonds is 6. The number of piperidine rings is 1. The Balaban J connectivity index is 2.65. The lowest BCUT2D eigenvalue weighted by molar-refractivity contribution is 0.154. The molecule has 0 aromatic heterocycles. The van der Waals surface area contributed by atoms with Crippen molar-refractivity contribution in [1.29, 1.82) is 0 Å². The van der Waals surface area contributed by atoms with Crippen LogP contribution in [0.3, 0.4) is 0 Å². The van der Waals surface area contributed by atoms with Gasteiger partial charge in [0.2, 0.25) is 10.0 Å². The molecule has 0 amide bonds. The predicted octanol–water partition coefficient (Wildman–Crippen LogP) is 2.71. The number of hydrogen-bond donors (Lipinski definition) is 1. The lowest BCUT2D eigenvalue weighted by atomic mass is 9.74. The van der Waals surface area contributed by atoms with E-state index in [1.165, 1.54) is 6.26 Å². The van der Waals surface area contributed by atoms with Gasteiger partial charge in [0.05, 0.1) is 6.26 Å². The molecule has 0 aromatic carbocycles. The van der Waals surface area contributed by atoms with Crippen molar-refractivity contribution in [2.75, 3.05) is 25.9 Å². The highest BCUT2D eigenvalue weighted by atomic mass is 32.2. The summed E-state index contributed by atoms with van der Waals surface area (Å²) in [5, 5.41) is 3.55. The Morgan fingerprint density at radius 1 is 1.29 bits per heavy atom. The Morgan fingerprint density at radius 3 is 2.38 bits per heavy atom. The molecular weight excluding hydrogens is 284 g/mol. The first-order valence-corrected chi connectivity index (χ1v) is 10.0. The first kappa shape index (κ1) is 18.9. The molecule has 21 heavy (non-hydrogen) atoms. The van der Waals surface area contributed by atoms with Gasteiger partial charge in [0, 0.05) is 19.1 Å². The molecule has 1 rings (SSSR count). The van der Waals surface area contributed by atoms with Crippen molar-refractivity contribution in [1.82, 2.24) is 9.62 Å². The molecule has 2 unspecified atom stereocenters. The molecule has 1 heterocycles. The Labute approximate surface area is 131 Å². The van der Waals surface area contributed by atoms with Crippen LogP contribution in [0.15, 0.2) is 0 Å². The second-order valence-electron chi connectivity index (χ2n) is 7.99. The fourth-order valence-corrected chi connectivity index (χ4v) is 3.99. The van der Waals surface area contributed by atoms with Crippen LogP contribution in [0.2, 0.25) is 0 Å². The summed E-state index contributed by atoms with van der Waals surface area (Å²) < 4.78 is 25.1. The van der Waals surface area contributed by atoms with Crippen LogP contribution in [0.4, 0.5) is 0 Å². The van der Waals surface area contributed by atoms with Crippen LogP contribution in [0.1, 0.15) is 53.9 Å². The fraction of sp³-hybridized carbons (Fsp3) is 1.00. The third-order valence-electron chi connectivity index (χ3n) is 4.57. The second kappa shape index (κ2) is 7.42. The molecule has 0 aromatic rings. The van der Waals surface area contributed by atoms with E-state index < -0.39 is 10.0 Å². The summed E-state index contributed by atoms with van der Waals surface area (Å²) in [5.41, 5.74) is 0.245. The summed E-state index contributed by atoms with van der Waals surface area (Å²) in [5.74, 6) is 1.07. The van der Waals surface area contributed by atoms with Crippen molar-refractivity contribution >= 4 is 10.0 Å². The third kappa shape index (κ3) is 6.66. The van der Waals surface area contributed by atoms with Crippen LogP contribution in [-0.4, -0.2) is 44.7 Å².